The van der Waals surface area contributed by atoms with E-state index in [1.54, 1.807) is 0 Å². The molecule has 1 aromatic carbocycles. The van der Waals surface area contributed by atoms with Gasteiger partial charge in [0, 0.05) is 30.3 Å². The zero-order chi connectivity index (χ0) is 19.2. The van der Waals surface area contributed by atoms with Crippen LogP contribution in [0.2, 0.25) is 0 Å². The van der Waals surface area contributed by atoms with Gasteiger partial charge in [-0.15, -0.1) is 0 Å². The number of rotatable bonds is 6. The third-order valence-corrected chi connectivity index (χ3v) is 5.42. The lowest BCUT2D eigenvalue weighted by molar-refractivity contribution is -0.132. The van der Waals surface area contributed by atoms with E-state index >= 15 is 0 Å². The van der Waals surface area contributed by atoms with Gasteiger partial charge in [-0.2, -0.15) is 0 Å². The number of hydrogen-bond acceptors (Lipinski definition) is 4. The van der Waals surface area contributed by atoms with Gasteiger partial charge < -0.3 is 10.2 Å². The minimum Gasteiger partial charge on any atom is -0.337 e. The van der Waals surface area contributed by atoms with Crippen molar-refractivity contribution in [1.29, 1.82) is 0 Å². The minimum atomic E-state index is -0.245. The second-order valence-corrected chi connectivity index (χ2v) is 8.13. The van der Waals surface area contributed by atoms with Crippen molar-refractivity contribution in [2.75, 3.05) is 11.9 Å². The van der Waals surface area contributed by atoms with Crippen LogP contribution in [-0.4, -0.2) is 34.4 Å². The molecule has 0 saturated heterocycles. The van der Waals surface area contributed by atoms with Crippen molar-refractivity contribution in [3.8, 4) is 0 Å². The molecule has 1 aliphatic rings. The van der Waals surface area contributed by atoms with Crippen LogP contribution in [0.3, 0.4) is 0 Å². The van der Waals surface area contributed by atoms with Crippen LogP contribution in [0.1, 0.15) is 42.8 Å². The molecule has 3 rings (SSSR count). The third-order valence-electron chi connectivity index (χ3n) is 4.42. The summed E-state index contributed by atoms with van der Waals surface area (Å²) in [6.07, 6.45) is 3.08. The second-order valence-electron chi connectivity index (χ2n) is 7.05. The molecule has 0 unspecified atom stereocenters. The van der Waals surface area contributed by atoms with Gasteiger partial charge in [0.05, 0.1) is 12.2 Å². The number of amides is 3. The highest BCUT2D eigenvalue weighted by atomic mass is 32.1. The first-order valence-electron chi connectivity index (χ1n) is 9.39. The fraction of sp³-hybridized carbons (Fsp3) is 0.450. The number of aryl methyl sites for hydroxylation is 1. The summed E-state index contributed by atoms with van der Waals surface area (Å²) in [7, 11) is 0. The van der Waals surface area contributed by atoms with Gasteiger partial charge in [-0.3, -0.25) is 10.1 Å². The second kappa shape index (κ2) is 8.99. The summed E-state index contributed by atoms with van der Waals surface area (Å²) in [5.74, 6) is 0.192. The minimum absolute atomic E-state index is 0.0728. The van der Waals surface area contributed by atoms with Crippen molar-refractivity contribution in [3.63, 3.8) is 0 Å². The standard InChI is InChI=1S/C20H26N4O2S/c1-14(2)21-19(26)23-20-22-16-11-12-24(13-17(16)27-20)18(25)10-6-9-15-7-4-3-5-8-15/h3-5,7-8,14H,6,9-13H2,1-2H3,(H2,21,22,23,26). The maximum atomic E-state index is 12.5. The monoisotopic (exact) mass is 386 g/mol. The SMILES string of the molecule is CC(C)NC(=O)Nc1nc2c(s1)CN(C(=O)CCCc1ccccc1)CC2. The molecule has 0 aliphatic carbocycles. The molecular formula is C20H26N4O2S. The Bertz CT molecular complexity index is 789. The number of nitrogens with zero attached hydrogens (tertiary/aromatic N) is 2. The number of anilines is 1. The molecule has 2 heterocycles. The number of thiazole rings is 1. The Kier molecular flexibility index (Phi) is 6.45. The van der Waals surface area contributed by atoms with Gasteiger partial charge in [-0.25, -0.2) is 9.78 Å². The molecule has 2 N–H and O–H groups in total. The van der Waals surface area contributed by atoms with Gasteiger partial charge in [0.2, 0.25) is 5.91 Å². The highest BCUT2D eigenvalue weighted by Crippen LogP contribution is 2.28. The Morgan fingerprint density at radius 3 is 2.78 bits per heavy atom. The number of urea groups is 1. The molecule has 0 spiro atoms. The summed E-state index contributed by atoms with van der Waals surface area (Å²) in [6, 6.07) is 10.1. The van der Waals surface area contributed by atoms with Gasteiger partial charge in [0.1, 0.15) is 0 Å². The van der Waals surface area contributed by atoms with Crippen molar-refractivity contribution < 1.29 is 9.59 Å². The lowest BCUT2D eigenvalue weighted by Crippen LogP contribution is -2.35. The summed E-state index contributed by atoms with van der Waals surface area (Å²) in [5, 5.41) is 6.16. The summed E-state index contributed by atoms with van der Waals surface area (Å²) in [6.45, 7) is 5.10. The first kappa shape index (κ1) is 19.4. The molecule has 144 valence electrons. The lowest BCUT2D eigenvalue weighted by Gasteiger charge is -2.26. The van der Waals surface area contributed by atoms with E-state index in [1.807, 2.05) is 36.9 Å². The molecule has 0 fully saturated rings. The van der Waals surface area contributed by atoms with E-state index in [1.165, 1.54) is 16.9 Å². The number of carbonyl (C=O) groups is 2. The van der Waals surface area contributed by atoms with Crippen LogP contribution in [0.25, 0.3) is 0 Å². The van der Waals surface area contributed by atoms with Crippen LogP contribution in [0.5, 0.6) is 0 Å². The molecule has 6 nitrogen and oxygen atoms in total. The number of fused-ring (bicyclic) bond motifs is 1. The molecule has 1 aliphatic heterocycles. The van der Waals surface area contributed by atoms with Crippen molar-refractivity contribution >= 4 is 28.4 Å². The summed E-state index contributed by atoms with van der Waals surface area (Å²) < 4.78 is 0. The molecule has 7 heteroatoms. The molecule has 0 radical (unpaired) electrons. The highest BCUT2D eigenvalue weighted by Gasteiger charge is 2.24. The van der Waals surface area contributed by atoms with E-state index in [-0.39, 0.29) is 18.0 Å². The summed E-state index contributed by atoms with van der Waals surface area (Å²) in [4.78, 5) is 31.8. The molecular weight excluding hydrogens is 360 g/mol. The lowest BCUT2D eigenvalue weighted by atomic mass is 10.1. The Morgan fingerprint density at radius 2 is 2.04 bits per heavy atom. The van der Waals surface area contributed by atoms with Gasteiger partial charge in [-0.1, -0.05) is 41.7 Å². The fourth-order valence-electron chi connectivity index (χ4n) is 3.10. The maximum absolute atomic E-state index is 12.5. The van der Waals surface area contributed by atoms with E-state index < -0.39 is 0 Å². The molecule has 0 bridgehead atoms. The molecule has 27 heavy (non-hydrogen) atoms. The van der Waals surface area contributed by atoms with Crippen LogP contribution in [0.15, 0.2) is 30.3 Å². The normalized spacial score (nSPS) is 13.4. The van der Waals surface area contributed by atoms with Gasteiger partial charge >= 0.3 is 6.03 Å². The van der Waals surface area contributed by atoms with Crippen molar-refractivity contribution in [2.45, 2.75) is 52.1 Å². The summed E-state index contributed by atoms with van der Waals surface area (Å²) >= 11 is 1.46. The van der Waals surface area contributed by atoms with Crippen molar-refractivity contribution in [1.82, 2.24) is 15.2 Å². The fourth-order valence-corrected chi connectivity index (χ4v) is 4.12. The van der Waals surface area contributed by atoms with Gasteiger partial charge in [0.25, 0.3) is 0 Å². The van der Waals surface area contributed by atoms with E-state index in [0.717, 1.165) is 29.8 Å². The van der Waals surface area contributed by atoms with Gasteiger partial charge in [0.15, 0.2) is 5.13 Å². The van der Waals surface area contributed by atoms with Crippen molar-refractivity contribution in [3.05, 3.63) is 46.5 Å². The van der Waals surface area contributed by atoms with Crippen LogP contribution in [0, 0.1) is 0 Å². The quantitative estimate of drug-likeness (QED) is 0.797. The van der Waals surface area contributed by atoms with Crippen LogP contribution in [0.4, 0.5) is 9.93 Å². The molecule has 0 saturated carbocycles. The number of benzene rings is 1. The summed E-state index contributed by atoms with van der Waals surface area (Å²) in [5.41, 5.74) is 2.26. The smallest absolute Gasteiger partial charge is 0.321 e. The van der Waals surface area contributed by atoms with Crippen molar-refractivity contribution in [2.24, 2.45) is 0 Å². The molecule has 0 atom stereocenters. The van der Waals surface area contributed by atoms with Crippen LogP contribution < -0.4 is 10.6 Å². The maximum Gasteiger partial charge on any atom is 0.321 e. The number of nitrogens with one attached hydrogen (secondary N) is 2. The van der Waals surface area contributed by atoms with Crippen LogP contribution >= 0.6 is 11.3 Å². The first-order chi connectivity index (χ1) is 13.0. The Morgan fingerprint density at radius 1 is 1.26 bits per heavy atom. The number of aromatic nitrogens is 1. The largest absolute Gasteiger partial charge is 0.337 e. The van der Waals surface area contributed by atoms with E-state index in [0.29, 0.717) is 24.6 Å². The zero-order valence-electron chi connectivity index (χ0n) is 15.8. The average molecular weight is 387 g/mol. The third kappa shape index (κ3) is 5.53. The predicted octanol–water partition coefficient (Wildman–Crippen LogP) is 3.58. The van der Waals surface area contributed by atoms with E-state index in [9.17, 15) is 9.59 Å². The topological polar surface area (TPSA) is 74.3 Å². The Balaban J connectivity index is 1.50. The molecule has 1 aromatic heterocycles. The Hall–Kier alpha value is -2.41. The number of hydrogen-bond donors (Lipinski definition) is 2. The zero-order valence-corrected chi connectivity index (χ0v) is 16.6. The molecule has 2 aromatic rings. The predicted molar refractivity (Wildman–Crippen MR) is 108 cm³/mol. The average Bonchev–Trinajstić information content (AvgIpc) is 3.02. The van der Waals surface area contributed by atoms with E-state index in [2.05, 4.69) is 27.8 Å². The number of carbonyl (C=O) groups excluding carboxylic acids is 2. The van der Waals surface area contributed by atoms with Crippen LogP contribution in [-0.2, 0) is 24.2 Å². The van der Waals surface area contributed by atoms with E-state index in [4.69, 9.17) is 0 Å². The first-order valence-corrected chi connectivity index (χ1v) is 10.2. The highest BCUT2D eigenvalue weighted by molar-refractivity contribution is 7.15. The Labute approximate surface area is 164 Å². The van der Waals surface area contributed by atoms with Gasteiger partial charge in [-0.05, 0) is 32.3 Å². The molecule has 3 amide bonds.